The van der Waals surface area contributed by atoms with Crippen molar-refractivity contribution in [3.63, 3.8) is 0 Å². The van der Waals surface area contributed by atoms with Crippen LogP contribution in [-0.2, 0) is 11.3 Å². The molecule has 3 amide bonds. The van der Waals surface area contributed by atoms with E-state index < -0.39 is 6.03 Å². The van der Waals surface area contributed by atoms with Crippen LogP contribution in [0.15, 0.2) is 12.3 Å². The number of likely N-dealkylation sites (tertiary alicyclic amines) is 1. The number of primary amides is 1. The summed E-state index contributed by atoms with van der Waals surface area (Å²) in [4.78, 5) is 27.0. The molecule has 1 fully saturated rings. The molecule has 24 heavy (non-hydrogen) atoms. The first-order valence-corrected chi connectivity index (χ1v) is 8.55. The van der Waals surface area contributed by atoms with Crippen molar-refractivity contribution in [3.05, 3.63) is 22.7 Å². The SMILES string of the molecule is Cc1cc(-c2cn(CC(=O)NC3CCN(C(N)=O)C3)nn2)sc1C. The number of nitrogens with two attached hydrogens (primary N) is 1. The van der Waals surface area contributed by atoms with Crippen LogP contribution in [-0.4, -0.2) is 51.0 Å². The Kier molecular flexibility index (Phi) is 4.52. The van der Waals surface area contributed by atoms with Gasteiger partial charge in [-0.05, 0) is 31.9 Å². The van der Waals surface area contributed by atoms with Crippen molar-refractivity contribution in [2.75, 3.05) is 13.1 Å². The second kappa shape index (κ2) is 6.60. The van der Waals surface area contributed by atoms with E-state index in [2.05, 4.69) is 35.5 Å². The van der Waals surface area contributed by atoms with Gasteiger partial charge in [0.25, 0.3) is 0 Å². The van der Waals surface area contributed by atoms with E-state index in [1.807, 2.05) is 0 Å². The van der Waals surface area contributed by atoms with Gasteiger partial charge in [-0.3, -0.25) is 4.79 Å². The van der Waals surface area contributed by atoms with E-state index in [9.17, 15) is 9.59 Å². The number of nitrogens with one attached hydrogen (secondary N) is 1. The van der Waals surface area contributed by atoms with E-state index in [1.54, 1.807) is 17.5 Å². The first-order chi connectivity index (χ1) is 11.4. The second-order valence-corrected chi connectivity index (χ2v) is 7.24. The van der Waals surface area contributed by atoms with Crippen LogP contribution in [0, 0.1) is 13.8 Å². The first-order valence-electron chi connectivity index (χ1n) is 7.73. The molecular weight excluding hydrogens is 328 g/mol. The molecule has 9 heteroatoms. The number of aromatic nitrogens is 3. The van der Waals surface area contributed by atoms with Crippen molar-refractivity contribution in [3.8, 4) is 10.6 Å². The molecule has 1 saturated heterocycles. The average Bonchev–Trinajstić information content (AvgIpc) is 3.21. The summed E-state index contributed by atoms with van der Waals surface area (Å²) in [6.07, 6.45) is 2.49. The molecule has 3 heterocycles. The van der Waals surface area contributed by atoms with Crippen molar-refractivity contribution >= 4 is 23.3 Å². The molecule has 0 aromatic carbocycles. The minimum Gasteiger partial charge on any atom is -0.351 e. The number of rotatable bonds is 4. The number of urea groups is 1. The van der Waals surface area contributed by atoms with E-state index in [-0.39, 0.29) is 18.5 Å². The summed E-state index contributed by atoms with van der Waals surface area (Å²) in [7, 11) is 0. The van der Waals surface area contributed by atoms with Gasteiger partial charge in [-0.25, -0.2) is 9.48 Å². The van der Waals surface area contributed by atoms with Crippen LogP contribution >= 0.6 is 11.3 Å². The summed E-state index contributed by atoms with van der Waals surface area (Å²) in [6, 6.07) is 1.57. The summed E-state index contributed by atoms with van der Waals surface area (Å²) in [5.41, 5.74) is 7.23. The van der Waals surface area contributed by atoms with Crippen molar-refractivity contribution < 1.29 is 9.59 Å². The van der Waals surface area contributed by atoms with Crippen LogP contribution in [0.25, 0.3) is 10.6 Å². The Bertz CT molecular complexity index is 748. The summed E-state index contributed by atoms with van der Waals surface area (Å²) < 4.78 is 1.52. The number of amides is 3. The molecule has 0 bridgehead atoms. The predicted octanol–water partition coefficient (Wildman–Crippen LogP) is 0.893. The maximum absolute atomic E-state index is 12.1. The highest BCUT2D eigenvalue weighted by Crippen LogP contribution is 2.28. The van der Waals surface area contributed by atoms with E-state index in [0.717, 1.165) is 10.6 Å². The topological polar surface area (TPSA) is 106 Å². The lowest BCUT2D eigenvalue weighted by molar-refractivity contribution is -0.122. The predicted molar refractivity (Wildman–Crippen MR) is 90.5 cm³/mol. The van der Waals surface area contributed by atoms with Crippen molar-refractivity contribution in [2.45, 2.75) is 32.9 Å². The Hall–Kier alpha value is -2.42. The van der Waals surface area contributed by atoms with Gasteiger partial charge >= 0.3 is 6.03 Å². The average molecular weight is 348 g/mol. The smallest absolute Gasteiger partial charge is 0.314 e. The first kappa shape index (κ1) is 16.4. The standard InChI is InChI=1S/C15H20N6O2S/c1-9-5-13(24-10(9)2)12-7-21(19-18-12)8-14(22)17-11-3-4-20(6-11)15(16)23/h5,7,11H,3-4,6,8H2,1-2H3,(H2,16,23)(H,17,22). The van der Waals surface area contributed by atoms with Gasteiger partial charge in [-0.15, -0.1) is 16.4 Å². The molecular formula is C15H20N6O2S. The van der Waals surface area contributed by atoms with Crippen LogP contribution in [0.3, 0.4) is 0 Å². The molecule has 3 N–H and O–H groups in total. The van der Waals surface area contributed by atoms with E-state index in [1.165, 1.54) is 20.0 Å². The number of hydrogen-bond donors (Lipinski definition) is 2. The van der Waals surface area contributed by atoms with Gasteiger partial charge in [0.05, 0.1) is 11.1 Å². The quantitative estimate of drug-likeness (QED) is 0.856. The third-order valence-electron chi connectivity index (χ3n) is 4.13. The normalized spacial score (nSPS) is 17.2. The fraction of sp³-hybridized carbons (Fsp3) is 0.467. The lowest BCUT2D eigenvalue weighted by Gasteiger charge is -2.14. The lowest BCUT2D eigenvalue weighted by Crippen LogP contribution is -2.41. The number of carbonyl (C=O) groups excluding carboxylic acids is 2. The second-order valence-electron chi connectivity index (χ2n) is 5.99. The largest absolute Gasteiger partial charge is 0.351 e. The summed E-state index contributed by atoms with van der Waals surface area (Å²) in [6.45, 7) is 5.26. The maximum atomic E-state index is 12.1. The van der Waals surface area contributed by atoms with Crippen LogP contribution in [0.1, 0.15) is 16.9 Å². The van der Waals surface area contributed by atoms with Crippen LogP contribution in [0.2, 0.25) is 0 Å². The highest BCUT2D eigenvalue weighted by Gasteiger charge is 2.26. The van der Waals surface area contributed by atoms with Crippen LogP contribution in [0.5, 0.6) is 0 Å². The van der Waals surface area contributed by atoms with Gasteiger partial charge in [0.15, 0.2) is 0 Å². The van der Waals surface area contributed by atoms with E-state index in [0.29, 0.717) is 19.5 Å². The molecule has 1 aliphatic heterocycles. The Labute approximate surface area is 143 Å². The maximum Gasteiger partial charge on any atom is 0.314 e. The Balaban J connectivity index is 1.57. The zero-order valence-corrected chi connectivity index (χ0v) is 14.5. The Morgan fingerprint density at radius 2 is 2.25 bits per heavy atom. The van der Waals surface area contributed by atoms with Gasteiger partial charge in [-0.1, -0.05) is 5.21 Å². The fourth-order valence-electron chi connectivity index (χ4n) is 2.69. The zero-order valence-electron chi connectivity index (χ0n) is 13.7. The molecule has 1 unspecified atom stereocenters. The molecule has 2 aromatic rings. The molecule has 0 aliphatic carbocycles. The molecule has 0 spiro atoms. The van der Waals surface area contributed by atoms with Gasteiger partial charge in [-0.2, -0.15) is 0 Å². The van der Waals surface area contributed by atoms with E-state index >= 15 is 0 Å². The number of nitrogens with zero attached hydrogens (tertiary/aromatic N) is 4. The van der Waals surface area contributed by atoms with Crippen LogP contribution < -0.4 is 11.1 Å². The zero-order chi connectivity index (χ0) is 17.3. The van der Waals surface area contributed by atoms with Gasteiger partial charge < -0.3 is 16.0 Å². The van der Waals surface area contributed by atoms with E-state index in [4.69, 9.17) is 5.73 Å². The monoisotopic (exact) mass is 348 g/mol. The van der Waals surface area contributed by atoms with Crippen molar-refractivity contribution in [2.24, 2.45) is 5.73 Å². The molecule has 3 rings (SSSR count). The summed E-state index contributed by atoms with van der Waals surface area (Å²) >= 11 is 1.66. The number of aryl methyl sites for hydroxylation is 2. The molecule has 0 radical (unpaired) electrons. The molecule has 0 saturated carbocycles. The van der Waals surface area contributed by atoms with Crippen molar-refractivity contribution in [1.29, 1.82) is 0 Å². The van der Waals surface area contributed by atoms with Crippen LogP contribution in [0.4, 0.5) is 4.79 Å². The van der Waals surface area contributed by atoms with Gasteiger partial charge in [0.1, 0.15) is 12.2 Å². The molecule has 8 nitrogen and oxygen atoms in total. The molecule has 2 aromatic heterocycles. The van der Waals surface area contributed by atoms with Crippen molar-refractivity contribution in [1.82, 2.24) is 25.2 Å². The fourth-order valence-corrected chi connectivity index (χ4v) is 3.67. The highest BCUT2D eigenvalue weighted by atomic mass is 32.1. The number of carbonyl (C=O) groups is 2. The minimum absolute atomic E-state index is 0.0596. The highest BCUT2D eigenvalue weighted by molar-refractivity contribution is 7.15. The van der Waals surface area contributed by atoms with Gasteiger partial charge in [0.2, 0.25) is 5.91 Å². The Morgan fingerprint density at radius 3 is 2.88 bits per heavy atom. The Morgan fingerprint density at radius 1 is 1.46 bits per heavy atom. The molecule has 128 valence electrons. The summed E-state index contributed by atoms with van der Waals surface area (Å²) in [5, 5.41) is 11.1. The summed E-state index contributed by atoms with van der Waals surface area (Å²) in [5.74, 6) is -0.152. The number of thiophene rings is 1. The molecule has 1 atom stereocenters. The molecule has 1 aliphatic rings. The minimum atomic E-state index is -0.450. The third-order valence-corrected chi connectivity index (χ3v) is 5.30. The van der Waals surface area contributed by atoms with Gasteiger partial charge in [0, 0.05) is 24.0 Å². The lowest BCUT2D eigenvalue weighted by atomic mass is 10.2. The number of hydrogen-bond acceptors (Lipinski definition) is 5. The third kappa shape index (κ3) is 3.56.